The van der Waals surface area contributed by atoms with Gasteiger partial charge in [-0.05, 0) is 6.92 Å². The summed E-state index contributed by atoms with van der Waals surface area (Å²) in [5.41, 5.74) is 0.950. The molecule has 0 bridgehead atoms. The zero-order valence-electron chi connectivity index (χ0n) is 8.47. The van der Waals surface area contributed by atoms with Crippen LogP contribution in [0.4, 0.5) is 0 Å². The Morgan fingerprint density at radius 3 is 2.80 bits per heavy atom. The molecule has 78 valence electrons. The summed E-state index contributed by atoms with van der Waals surface area (Å²) in [5.74, 6) is 0. The molecule has 2 aromatic heterocycles. The van der Waals surface area contributed by atoms with Crippen LogP contribution in [0.25, 0.3) is 0 Å². The van der Waals surface area contributed by atoms with Crippen LogP contribution in [0.15, 0.2) is 24.8 Å². The van der Waals surface area contributed by atoms with Crippen LogP contribution in [0.5, 0.6) is 0 Å². The number of nitrogens with zero attached hydrogens (tertiary/aromatic N) is 3. The second kappa shape index (κ2) is 4.95. The van der Waals surface area contributed by atoms with Crippen molar-refractivity contribution in [2.75, 3.05) is 0 Å². The minimum absolute atomic E-state index is 0.729. The zero-order valence-corrected chi connectivity index (χ0v) is 9.29. The van der Waals surface area contributed by atoms with E-state index in [1.165, 1.54) is 4.88 Å². The summed E-state index contributed by atoms with van der Waals surface area (Å²) in [6, 6.07) is 0. The van der Waals surface area contributed by atoms with Gasteiger partial charge < -0.3 is 5.32 Å². The van der Waals surface area contributed by atoms with Crippen molar-refractivity contribution in [3.8, 4) is 0 Å². The first-order valence-corrected chi connectivity index (χ1v) is 5.53. The van der Waals surface area contributed by atoms with Gasteiger partial charge in [0.25, 0.3) is 0 Å². The standard InChI is InChI=1S/C10H12N4S/c1-8-4-14-10(15-8)7-12-6-9-5-11-2-3-13-9/h2-5,12H,6-7H2,1H3. The highest BCUT2D eigenvalue weighted by molar-refractivity contribution is 7.11. The van der Waals surface area contributed by atoms with Crippen LogP contribution in [0.3, 0.4) is 0 Å². The molecule has 2 aromatic rings. The molecule has 0 amide bonds. The van der Waals surface area contributed by atoms with Gasteiger partial charge in [-0.1, -0.05) is 0 Å². The minimum atomic E-state index is 0.729. The predicted molar refractivity (Wildman–Crippen MR) is 59.4 cm³/mol. The van der Waals surface area contributed by atoms with Crippen LogP contribution < -0.4 is 5.32 Å². The summed E-state index contributed by atoms with van der Waals surface area (Å²) < 4.78 is 0. The Labute approximate surface area is 92.4 Å². The molecule has 1 N–H and O–H groups in total. The van der Waals surface area contributed by atoms with E-state index in [-0.39, 0.29) is 0 Å². The van der Waals surface area contributed by atoms with Crippen molar-refractivity contribution in [2.45, 2.75) is 20.0 Å². The highest BCUT2D eigenvalue weighted by atomic mass is 32.1. The lowest BCUT2D eigenvalue weighted by Gasteiger charge is -2.00. The van der Waals surface area contributed by atoms with Gasteiger partial charge in [0.2, 0.25) is 0 Å². The third-order valence-corrected chi connectivity index (χ3v) is 2.78. The van der Waals surface area contributed by atoms with E-state index in [0.29, 0.717) is 0 Å². The van der Waals surface area contributed by atoms with Crippen LogP contribution in [-0.4, -0.2) is 15.0 Å². The van der Waals surface area contributed by atoms with Gasteiger partial charge in [0.1, 0.15) is 5.01 Å². The van der Waals surface area contributed by atoms with Crippen LogP contribution in [0.1, 0.15) is 15.6 Å². The number of nitrogens with one attached hydrogen (secondary N) is 1. The zero-order chi connectivity index (χ0) is 10.5. The fourth-order valence-electron chi connectivity index (χ4n) is 1.20. The lowest BCUT2D eigenvalue weighted by Crippen LogP contribution is -2.13. The van der Waals surface area contributed by atoms with Crippen molar-refractivity contribution in [3.63, 3.8) is 0 Å². The van der Waals surface area contributed by atoms with E-state index in [4.69, 9.17) is 0 Å². The average Bonchev–Trinajstić information content (AvgIpc) is 2.66. The van der Waals surface area contributed by atoms with Crippen molar-refractivity contribution in [3.05, 3.63) is 40.4 Å². The van der Waals surface area contributed by atoms with E-state index in [1.54, 1.807) is 29.9 Å². The Morgan fingerprint density at radius 1 is 1.20 bits per heavy atom. The molecule has 2 rings (SSSR count). The SMILES string of the molecule is Cc1cnc(CNCc2cnccn2)s1. The highest BCUT2D eigenvalue weighted by Crippen LogP contribution is 2.10. The van der Waals surface area contributed by atoms with Gasteiger partial charge >= 0.3 is 0 Å². The summed E-state index contributed by atoms with van der Waals surface area (Å²) in [7, 11) is 0. The first-order chi connectivity index (χ1) is 7.34. The van der Waals surface area contributed by atoms with Gasteiger partial charge in [0.05, 0.1) is 5.69 Å². The van der Waals surface area contributed by atoms with E-state index >= 15 is 0 Å². The Hall–Kier alpha value is -1.33. The third-order valence-electron chi connectivity index (χ3n) is 1.87. The van der Waals surface area contributed by atoms with Gasteiger partial charge in [-0.15, -0.1) is 11.3 Å². The Balaban J connectivity index is 1.80. The molecule has 2 heterocycles. The molecule has 0 fully saturated rings. The number of aromatic nitrogens is 3. The number of hydrogen-bond acceptors (Lipinski definition) is 5. The molecule has 0 saturated carbocycles. The van der Waals surface area contributed by atoms with Crippen molar-refractivity contribution < 1.29 is 0 Å². The molecule has 4 nitrogen and oxygen atoms in total. The van der Waals surface area contributed by atoms with Crippen molar-refractivity contribution >= 4 is 11.3 Å². The summed E-state index contributed by atoms with van der Waals surface area (Å²) in [5, 5.41) is 4.38. The summed E-state index contributed by atoms with van der Waals surface area (Å²) in [6.07, 6.45) is 7.03. The number of aryl methyl sites for hydroxylation is 1. The Bertz CT molecular complexity index is 412. The number of thiazole rings is 1. The number of rotatable bonds is 4. The molecule has 0 saturated heterocycles. The van der Waals surface area contributed by atoms with Crippen LogP contribution in [0, 0.1) is 6.92 Å². The first kappa shape index (κ1) is 10.2. The molecule has 0 unspecified atom stereocenters. The fraction of sp³-hybridized carbons (Fsp3) is 0.300. The molecular formula is C10H12N4S. The largest absolute Gasteiger partial charge is 0.305 e. The van der Waals surface area contributed by atoms with Gasteiger partial charge in [-0.25, -0.2) is 4.98 Å². The average molecular weight is 220 g/mol. The second-order valence-corrected chi connectivity index (χ2v) is 4.48. The van der Waals surface area contributed by atoms with Crippen molar-refractivity contribution in [1.29, 1.82) is 0 Å². The van der Waals surface area contributed by atoms with E-state index in [0.717, 1.165) is 23.8 Å². The maximum absolute atomic E-state index is 4.27. The molecule has 15 heavy (non-hydrogen) atoms. The van der Waals surface area contributed by atoms with E-state index in [2.05, 4.69) is 27.2 Å². The Kier molecular flexibility index (Phi) is 3.37. The topological polar surface area (TPSA) is 50.7 Å². The fourth-order valence-corrected chi connectivity index (χ4v) is 1.96. The molecule has 0 aliphatic carbocycles. The molecule has 5 heteroatoms. The highest BCUT2D eigenvalue weighted by Gasteiger charge is 1.98. The Morgan fingerprint density at radius 2 is 2.13 bits per heavy atom. The normalized spacial score (nSPS) is 10.5. The van der Waals surface area contributed by atoms with Crippen LogP contribution >= 0.6 is 11.3 Å². The lowest BCUT2D eigenvalue weighted by molar-refractivity contribution is 0.674. The van der Waals surface area contributed by atoms with Crippen molar-refractivity contribution in [2.24, 2.45) is 0 Å². The second-order valence-electron chi connectivity index (χ2n) is 3.16. The van der Waals surface area contributed by atoms with Crippen LogP contribution in [0.2, 0.25) is 0 Å². The van der Waals surface area contributed by atoms with E-state index in [9.17, 15) is 0 Å². The maximum Gasteiger partial charge on any atom is 0.107 e. The van der Waals surface area contributed by atoms with Gasteiger partial charge in [-0.3, -0.25) is 9.97 Å². The van der Waals surface area contributed by atoms with Gasteiger partial charge in [0.15, 0.2) is 0 Å². The molecule has 0 aliphatic rings. The van der Waals surface area contributed by atoms with E-state index < -0.39 is 0 Å². The minimum Gasteiger partial charge on any atom is -0.305 e. The first-order valence-electron chi connectivity index (χ1n) is 4.71. The molecule has 0 spiro atoms. The summed E-state index contributed by atoms with van der Waals surface area (Å²) in [6.45, 7) is 3.57. The quantitative estimate of drug-likeness (QED) is 0.849. The van der Waals surface area contributed by atoms with Crippen LogP contribution in [-0.2, 0) is 13.1 Å². The molecule has 0 aromatic carbocycles. The van der Waals surface area contributed by atoms with Crippen molar-refractivity contribution in [1.82, 2.24) is 20.3 Å². The molecule has 0 radical (unpaired) electrons. The summed E-state index contributed by atoms with van der Waals surface area (Å²) >= 11 is 1.71. The summed E-state index contributed by atoms with van der Waals surface area (Å²) in [4.78, 5) is 13.7. The number of hydrogen-bond donors (Lipinski definition) is 1. The van der Waals surface area contributed by atoms with Gasteiger partial charge in [-0.2, -0.15) is 0 Å². The van der Waals surface area contributed by atoms with Gasteiger partial charge in [0, 0.05) is 42.8 Å². The monoisotopic (exact) mass is 220 g/mol. The molecule has 0 atom stereocenters. The smallest absolute Gasteiger partial charge is 0.107 e. The maximum atomic E-state index is 4.27. The lowest BCUT2D eigenvalue weighted by atomic mass is 10.4. The molecule has 0 aliphatic heterocycles. The predicted octanol–water partition coefficient (Wildman–Crippen LogP) is 1.53. The van der Waals surface area contributed by atoms with E-state index in [1.807, 2.05) is 6.20 Å². The molecular weight excluding hydrogens is 208 g/mol. The third kappa shape index (κ3) is 3.07.